The summed E-state index contributed by atoms with van der Waals surface area (Å²) in [4.78, 5) is 72.6. The van der Waals surface area contributed by atoms with Crippen LogP contribution in [0.15, 0.2) is 24.3 Å². The molecule has 19 heteroatoms. The number of unbranched alkanes of at least 4 members (excludes halogenated alkanes) is 45. The summed E-state index contributed by atoms with van der Waals surface area (Å²) in [5.74, 6) is -2.15. The molecule has 0 aromatic heterocycles. The molecule has 17 nitrogen and oxygen atoms in total. The molecule has 5 atom stereocenters. The standard InChI is InChI=1S/C75H142O17P2/c1-5-9-13-17-21-25-28-30-32-33-34-35-36-38-40-42-46-50-54-58-62-75(80)92-71(66-86-73(78)60-56-52-48-45-41-39-37-31-29-26-22-18-14-10-6-2)68-90-94(83,84)88-64-69(76)63-87-93(81,82)89-67-70(65-85-72(77)59-55-51-47-43-24-20-16-12-8-4)91-74(79)61-57-53-49-44-27-23-19-15-11-7-3/h26,29,31,37,69-71,76H,5-25,27-28,30,32-36,38-68H2,1-4H3,(H,81,82)(H,83,84)/b29-26-,37-31-/t69-,70+,71+/m0/s1. The maximum atomic E-state index is 13.1. The molecule has 2 unspecified atom stereocenters. The van der Waals surface area contributed by atoms with Gasteiger partial charge in [-0.25, -0.2) is 9.13 Å². The van der Waals surface area contributed by atoms with Gasteiger partial charge >= 0.3 is 39.5 Å². The maximum absolute atomic E-state index is 13.1. The molecule has 0 aliphatic rings. The normalized spacial score (nSPS) is 14.1. The Balaban J connectivity index is 5.22. The first-order valence-corrected chi connectivity index (χ1v) is 41.6. The number of carbonyl (C=O) groups is 4. The van der Waals surface area contributed by atoms with E-state index < -0.39 is 97.5 Å². The lowest BCUT2D eigenvalue weighted by Crippen LogP contribution is -2.30. The van der Waals surface area contributed by atoms with Gasteiger partial charge in [0, 0.05) is 25.7 Å². The van der Waals surface area contributed by atoms with Gasteiger partial charge in [0.2, 0.25) is 0 Å². The van der Waals surface area contributed by atoms with Gasteiger partial charge in [0.1, 0.15) is 19.3 Å². The molecule has 0 aliphatic carbocycles. The fourth-order valence-electron chi connectivity index (χ4n) is 11.0. The van der Waals surface area contributed by atoms with Gasteiger partial charge in [0.15, 0.2) is 12.2 Å². The number of phosphoric acid groups is 2. The zero-order valence-electron chi connectivity index (χ0n) is 60.4. The third kappa shape index (κ3) is 68.1. The number of esters is 4. The summed E-state index contributed by atoms with van der Waals surface area (Å²) in [5.41, 5.74) is 0. The third-order valence-corrected chi connectivity index (χ3v) is 18.9. The zero-order valence-corrected chi connectivity index (χ0v) is 62.2. The SMILES string of the molecule is CCCCCC/C=C\C=C/CCCCCCCC(=O)OC[C@H](COP(=O)(O)OC[C@@H](O)COP(=O)(O)OC[C@@H](COC(=O)CCCCCCCCCCC)OC(=O)CCCCCCCCCCCC)OC(=O)CCCCCCCCCCCCCCCCCCCCCC. The Morgan fingerprint density at radius 2 is 0.511 bits per heavy atom. The van der Waals surface area contributed by atoms with Crippen LogP contribution in [0.1, 0.15) is 374 Å². The Bertz CT molecular complexity index is 1880. The predicted octanol–water partition coefficient (Wildman–Crippen LogP) is 21.8. The number of hydrogen-bond donors (Lipinski definition) is 3. The van der Waals surface area contributed by atoms with Gasteiger partial charge in [-0.3, -0.25) is 37.3 Å². The molecule has 3 N–H and O–H groups in total. The molecule has 94 heavy (non-hydrogen) atoms. The van der Waals surface area contributed by atoms with Crippen LogP contribution in [-0.4, -0.2) is 96.7 Å². The Morgan fingerprint density at radius 3 is 0.777 bits per heavy atom. The van der Waals surface area contributed by atoms with E-state index in [4.69, 9.17) is 37.0 Å². The van der Waals surface area contributed by atoms with E-state index in [2.05, 4.69) is 52.0 Å². The van der Waals surface area contributed by atoms with Crippen molar-refractivity contribution in [3.63, 3.8) is 0 Å². The molecule has 0 saturated carbocycles. The van der Waals surface area contributed by atoms with Crippen LogP contribution >= 0.6 is 15.6 Å². The van der Waals surface area contributed by atoms with E-state index in [9.17, 15) is 43.2 Å². The van der Waals surface area contributed by atoms with Gasteiger partial charge in [-0.2, -0.15) is 0 Å². The van der Waals surface area contributed by atoms with Crippen molar-refractivity contribution in [2.24, 2.45) is 0 Å². The van der Waals surface area contributed by atoms with Crippen LogP contribution in [0.25, 0.3) is 0 Å². The lowest BCUT2D eigenvalue weighted by molar-refractivity contribution is -0.161. The van der Waals surface area contributed by atoms with Gasteiger partial charge in [0.05, 0.1) is 26.4 Å². The predicted molar refractivity (Wildman–Crippen MR) is 381 cm³/mol. The fraction of sp³-hybridized carbons (Fsp3) is 0.893. The second-order valence-electron chi connectivity index (χ2n) is 26.4. The number of hydrogen-bond acceptors (Lipinski definition) is 15. The van der Waals surface area contributed by atoms with Crippen molar-refractivity contribution in [3.05, 3.63) is 24.3 Å². The summed E-state index contributed by atoms with van der Waals surface area (Å²) in [6.07, 6.45) is 61.9. The molecular formula is C75H142O17P2. The highest BCUT2D eigenvalue weighted by Gasteiger charge is 2.30. The first-order valence-electron chi connectivity index (χ1n) is 38.6. The van der Waals surface area contributed by atoms with Crippen molar-refractivity contribution in [2.75, 3.05) is 39.6 Å². The van der Waals surface area contributed by atoms with Gasteiger partial charge in [-0.1, -0.05) is 322 Å². The van der Waals surface area contributed by atoms with E-state index in [0.717, 1.165) is 109 Å². The quantitative estimate of drug-likeness (QED) is 0.0169. The van der Waals surface area contributed by atoms with Crippen LogP contribution in [0.2, 0.25) is 0 Å². The van der Waals surface area contributed by atoms with Crippen molar-refractivity contribution >= 4 is 39.5 Å². The fourth-order valence-corrected chi connectivity index (χ4v) is 12.6. The first-order chi connectivity index (χ1) is 45.7. The highest BCUT2D eigenvalue weighted by molar-refractivity contribution is 7.47. The van der Waals surface area contributed by atoms with Crippen LogP contribution in [0, 0.1) is 0 Å². The number of aliphatic hydroxyl groups excluding tert-OH is 1. The number of allylic oxidation sites excluding steroid dienone is 4. The van der Waals surface area contributed by atoms with Crippen molar-refractivity contribution < 1.29 is 80.2 Å². The van der Waals surface area contributed by atoms with Gasteiger partial charge in [0.25, 0.3) is 0 Å². The Hall–Kier alpha value is -2.46. The molecule has 0 amide bonds. The molecule has 0 spiro atoms. The highest BCUT2D eigenvalue weighted by Crippen LogP contribution is 2.45. The van der Waals surface area contributed by atoms with Crippen LogP contribution in [-0.2, 0) is 65.4 Å². The van der Waals surface area contributed by atoms with Crippen LogP contribution in [0.4, 0.5) is 0 Å². The number of carbonyl (C=O) groups excluding carboxylic acids is 4. The third-order valence-electron chi connectivity index (χ3n) is 17.0. The Kier molecular flexibility index (Phi) is 67.2. The van der Waals surface area contributed by atoms with E-state index in [-0.39, 0.29) is 25.7 Å². The molecule has 0 fully saturated rings. The molecule has 0 bridgehead atoms. The lowest BCUT2D eigenvalue weighted by atomic mass is 10.0. The van der Waals surface area contributed by atoms with Crippen LogP contribution in [0.5, 0.6) is 0 Å². The van der Waals surface area contributed by atoms with Crippen LogP contribution < -0.4 is 0 Å². The minimum absolute atomic E-state index is 0.102. The Morgan fingerprint density at radius 1 is 0.298 bits per heavy atom. The summed E-state index contributed by atoms with van der Waals surface area (Å²) >= 11 is 0. The monoisotopic (exact) mass is 1380 g/mol. The van der Waals surface area contributed by atoms with E-state index in [1.54, 1.807) is 0 Å². The molecule has 0 radical (unpaired) electrons. The zero-order chi connectivity index (χ0) is 69.0. The first kappa shape index (κ1) is 91.5. The molecule has 0 aromatic carbocycles. The average Bonchev–Trinajstić information content (AvgIpc) is 1.39. The van der Waals surface area contributed by atoms with E-state index in [1.807, 2.05) is 0 Å². The summed E-state index contributed by atoms with van der Waals surface area (Å²) in [5, 5.41) is 10.6. The lowest BCUT2D eigenvalue weighted by Gasteiger charge is -2.21. The number of aliphatic hydroxyl groups is 1. The van der Waals surface area contributed by atoms with Crippen molar-refractivity contribution in [1.29, 1.82) is 0 Å². The Labute approximate surface area is 573 Å². The number of rotatable bonds is 74. The second kappa shape index (κ2) is 69.0. The second-order valence-corrected chi connectivity index (χ2v) is 29.3. The maximum Gasteiger partial charge on any atom is 0.472 e. The van der Waals surface area contributed by atoms with Gasteiger partial charge in [-0.05, 0) is 51.4 Å². The summed E-state index contributed by atoms with van der Waals surface area (Å²) < 4.78 is 68.3. The minimum Gasteiger partial charge on any atom is -0.462 e. The molecule has 0 aliphatic heterocycles. The molecule has 0 rings (SSSR count). The number of phosphoric ester groups is 2. The molecule has 0 aromatic rings. The summed E-state index contributed by atoms with van der Waals surface area (Å²) in [6, 6.07) is 0. The van der Waals surface area contributed by atoms with Crippen molar-refractivity contribution in [3.8, 4) is 0 Å². The molecule has 0 saturated heterocycles. The van der Waals surface area contributed by atoms with Gasteiger partial charge < -0.3 is 33.8 Å². The number of ether oxygens (including phenoxy) is 4. The topological polar surface area (TPSA) is 237 Å². The van der Waals surface area contributed by atoms with Crippen molar-refractivity contribution in [2.45, 2.75) is 393 Å². The van der Waals surface area contributed by atoms with E-state index >= 15 is 0 Å². The van der Waals surface area contributed by atoms with Crippen LogP contribution in [0.3, 0.4) is 0 Å². The van der Waals surface area contributed by atoms with Crippen molar-refractivity contribution in [1.82, 2.24) is 0 Å². The summed E-state index contributed by atoms with van der Waals surface area (Å²) in [6.45, 7) is 4.88. The molecular weight excluding hydrogens is 1230 g/mol. The largest absolute Gasteiger partial charge is 0.472 e. The van der Waals surface area contributed by atoms with E-state index in [1.165, 1.54) is 186 Å². The minimum atomic E-state index is -4.96. The van der Waals surface area contributed by atoms with E-state index in [0.29, 0.717) is 25.7 Å². The molecule has 554 valence electrons. The summed E-state index contributed by atoms with van der Waals surface area (Å²) in [7, 11) is -9.91. The van der Waals surface area contributed by atoms with Gasteiger partial charge in [-0.15, -0.1) is 0 Å². The average molecular weight is 1380 g/mol. The highest BCUT2D eigenvalue weighted by atomic mass is 31.2. The smallest absolute Gasteiger partial charge is 0.462 e. The molecule has 0 heterocycles.